The number of unbranched alkanes of at least 4 members (excludes halogenated alkanes) is 1. The third-order valence-corrected chi connectivity index (χ3v) is 3.68. The van der Waals surface area contributed by atoms with E-state index < -0.39 is 27.9 Å². The van der Waals surface area contributed by atoms with E-state index in [1.807, 2.05) is 19.0 Å². The highest BCUT2D eigenvalue weighted by molar-refractivity contribution is 7.90. The van der Waals surface area contributed by atoms with E-state index in [1.54, 1.807) is 0 Å². The van der Waals surface area contributed by atoms with Crippen LogP contribution in [-0.2, 0) is 14.6 Å². The summed E-state index contributed by atoms with van der Waals surface area (Å²) in [7, 11) is 0.655. The first-order chi connectivity index (χ1) is 9.61. The molecule has 0 aliphatic rings. The molecule has 2 amide bonds. The molecular weight excluding hydrogens is 298 g/mol. The largest absolute Gasteiger partial charge is 0.480 e. The molecule has 0 aromatic rings. The third-order valence-electron chi connectivity index (χ3n) is 2.70. The highest BCUT2D eigenvalue weighted by Crippen LogP contribution is 1.97. The van der Waals surface area contributed by atoms with Gasteiger partial charge in [-0.1, -0.05) is 0 Å². The summed E-state index contributed by atoms with van der Waals surface area (Å²) in [5.41, 5.74) is 0. The van der Waals surface area contributed by atoms with E-state index in [9.17, 15) is 18.0 Å². The minimum atomic E-state index is -3.26. The van der Waals surface area contributed by atoms with Crippen LogP contribution in [-0.4, -0.2) is 75.7 Å². The van der Waals surface area contributed by atoms with Gasteiger partial charge in [-0.25, -0.2) is 18.0 Å². The summed E-state index contributed by atoms with van der Waals surface area (Å²) in [6.45, 7) is 1.35. The molecule has 1 unspecified atom stereocenters. The van der Waals surface area contributed by atoms with E-state index in [1.165, 1.54) is 0 Å². The Kier molecular flexibility index (Phi) is 8.95. The predicted molar refractivity (Wildman–Crippen MR) is 80.1 cm³/mol. The topological polar surface area (TPSA) is 116 Å². The maximum absolute atomic E-state index is 11.5. The van der Waals surface area contributed by atoms with Crippen molar-refractivity contribution in [1.82, 2.24) is 15.5 Å². The van der Waals surface area contributed by atoms with Gasteiger partial charge < -0.3 is 20.6 Å². The molecule has 0 saturated heterocycles. The smallest absolute Gasteiger partial charge is 0.326 e. The lowest BCUT2D eigenvalue weighted by Gasteiger charge is -2.15. The van der Waals surface area contributed by atoms with Crippen LogP contribution in [0.25, 0.3) is 0 Å². The van der Waals surface area contributed by atoms with Gasteiger partial charge >= 0.3 is 12.0 Å². The molecule has 0 radical (unpaired) electrons. The molecule has 0 aromatic carbocycles. The fourth-order valence-electron chi connectivity index (χ4n) is 1.55. The zero-order valence-electron chi connectivity index (χ0n) is 12.8. The second-order valence-corrected chi connectivity index (χ2v) is 7.48. The molecule has 0 saturated carbocycles. The van der Waals surface area contributed by atoms with E-state index in [0.717, 1.165) is 25.6 Å². The molecule has 0 aliphatic heterocycles. The number of nitrogens with one attached hydrogen (secondary N) is 2. The van der Waals surface area contributed by atoms with E-state index in [2.05, 4.69) is 10.6 Å². The molecule has 0 rings (SSSR count). The van der Waals surface area contributed by atoms with Crippen LogP contribution in [0.15, 0.2) is 0 Å². The summed E-state index contributed by atoms with van der Waals surface area (Å²) >= 11 is 0. The Bertz CT molecular complexity index is 436. The van der Waals surface area contributed by atoms with Gasteiger partial charge in [0.1, 0.15) is 15.9 Å². The number of nitrogens with zero attached hydrogens (tertiary/aromatic N) is 1. The summed E-state index contributed by atoms with van der Waals surface area (Å²) in [4.78, 5) is 24.5. The van der Waals surface area contributed by atoms with Crippen LogP contribution in [0, 0.1) is 0 Å². The number of sulfone groups is 1. The Morgan fingerprint density at radius 3 is 2.33 bits per heavy atom. The Morgan fingerprint density at radius 1 is 1.24 bits per heavy atom. The number of carboxylic acid groups (broad SMARTS) is 1. The van der Waals surface area contributed by atoms with Gasteiger partial charge in [0.05, 0.1) is 5.75 Å². The summed E-state index contributed by atoms with van der Waals surface area (Å²) in [6.07, 6.45) is 2.58. The van der Waals surface area contributed by atoms with Gasteiger partial charge in [-0.2, -0.15) is 0 Å². The summed E-state index contributed by atoms with van der Waals surface area (Å²) in [5, 5.41) is 13.8. The first-order valence-corrected chi connectivity index (χ1v) is 8.77. The minimum absolute atomic E-state index is 0.151. The van der Waals surface area contributed by atoms with Gasteiger partial charge in [-0.15, -0.1) is 0 Å². The number of carbonyl (C=O) groups excluding carboxylic acids is 1. The van der Waals surface area contributed by atoms with E-state index in [-0.39, 0.29) is 12.2 Å². The lowest BCUT2D eigenvalue weighted by atomic mass is 10.2. The average molecular weight is 323 g/mol. The molecule has 0 bridgehead atoms. The molecule has 3 N–H and O–H groups in total. The molecule has 1 atom stereocenters. The van der Waals surface area contributed by atoms with Crippen molar-refractivity contribution in [2.24, 2.45) is 0 Å². The number of urea groups is 1. The Balaban J connectivity index is 4.04. The Morgan fingerprint density at radius 2 is 1.86 bits per heavy atom. The normalized spacial score (nSPS) is 13.0. The lowest BCUT2D eigenvalue weighted by Crippen LogP contribution is -2.47. The number of hydrogen-bond acceptors (Lipinski definition) is 5. The molecule has 0 aliphatic carbocycles. The van der Waals surface area contributed by atoms with E-state index >= 15 is 0 Å². The SMILES string of the molecule is CN(C)CCCCNC(=O)NC(CCS(C)(=O)=O)C(=O)O. The third kappa shape index (κ3) is 12.1. The van der Waals surface area contributed by atoms with Gasteiger partial charge in [-0.05, 0) is 39.9 Å². The summed E-state index contributed by atoms with van der Waals surface area (Å²) in [5.74, 6) is -1.53. The monoisotopic (exact) mass is 323 g/mol. The van der Waals surface area contributed by atoms with Crippen molar-refractivity contribution < 1.29 is 23.1 Å². The van der Waals surface area contributed by atoms with E-state index in [4.69, 9.17) is 5.11 Å². The van der Waals surface area contributed by atoms with Crippen LogP contribution < -0.4 is 10.6 Å². The van der Waals surface area contributed by atoms with Gasteiger partial charge in [0.2, 0.25) is 0 Å². The number of aliphatic carboxylic acids is 1. The highest BCUT2D eigenvalue weighted by Gasteiger charge is 2.21. The van der Waals surface area contributed by atoms with Crippen molar-refractivity contribution in [1.29, 1.82) is 0 Å². The fraction of sp³-hybridized carbons (Fsp3) is 0.833. The van der Waals surface area contributed by atoms with Gasteiger partial charge in [0, 0.05) is 12.8 Å². The van der Waals surface area contributed by atoms with Crippen molar-refractivity contribution in [3.63, 3.8) is 0 Å². The number of amides is 2. The second kappa shape index (κ2) is 9.56. The number of rotatable bonds is 10. The fourth-order valence-corrected chi connectivity index (χ4v) is 2.22. The zero-order valence-corrected chi connectivity index (χ0v) is 13.6. The molecule has 9 heteroatoms. The summed E-state index contributed by atoms with van der Waals surface area (Å²) < 4.78 is 22.0. The zero-order chi connectivity index (χ0) is 16.5. The second-order valence-electron chi connectivity index (χ2n) is 5.22. The molecule has 21 heavy (non-hydrogen) atoms. The molecule has 0 fully saturated rings. The van der Waals surface area contributed by atoms with Crippen LogP contribution in [0.4, 0.5) is 4.79 Å². The lowest BCUT2D eigenvalue weighted by molar-refractivity contribution is -0.139. The van der Waals surface area contributed by atoms with Crippen LogP contribution in [0.1, 0.15) is 19.3 Å². The molecule has 124 valence electrons. The van der Waals surface area contributed by atoms with E-state index in [0.29, 0.717) is 6.54 Å². The minimum Gasteiger partial charge on any atom is -0.480 e. The van der Waals surface area contributed by atoms with Gasteiger partial charge in [0.25, 0.3) is 0 Å². The van der Waals surface area contributed by atoms with Crippen LogP contribution in [0.2, 0.25) is 0 Å². The molecular formula is C12H25N3O5S. The predicted octanol–water partition coefficient (Wildman–Crippen LogP) is -0.485. The quantitative estimate of drug-likeness (QED) is 0.467. The first-order valence-electron chi connectivity index (χ1n) is 6.71. The average Bonchev–Trinajstić information content (AvgIpc) is 2.32. The maximum Gasteiger partial charge on any atom is 0.326 e. The van der Waals surface area contributed by atoms with Crippen molar-refractivity contribution in [2.75, 3.05) is 39.2 Å². The first kappa shape index (κ1) is 19.7. The highest BCUT2D eigenvalue weighted by atomic mass is 32.2. The van der Waals surface area contributed by atoms with Crippen molar-refractivity contribution >= 4 is 21.8 Å². The molecule has 0 aromatic heterocycles. The van der Waals surface area contributed by atoms with Crippen LogP contribution in [0.3, 0.4) is 0 Å². The van der Waals surface area contributed by atoms with Crippen molar-refractivity contribution in [3.8, 4) is 0 Å². The summed E-state index contributed by atoms with van der Waals surface area (Å²) in [6, 6.07) is -1.80. The van der Waals surface area contributed by atoms with Gasteiger partial charge in [-0.3, -0.25) is 0 Å². The Hall–Kier alpha value is -1.35. The van der Waals surface area contributed by atoms with Gasteiger partial charge in [0.15, 0.2) is 0 Å². The van der Waals surface area contributed by atoms with Crippen molar-refractivity contribution in [2.45, 2.75) is 25.3 Å². The maximum atomic E-state index is 11.5. The Labute approximate surface area is 125 Å². The van der Waals surface area contributed by atoms with Crippen LogP contribution in [0.5, 0.6) is 0 Å². The number of carbonyl (C=O) groups is 2. The van der Waals surface area contributed by atoms with Crippen LogP contribution >= 0.6 is 0 Å². The number of hydrogen-bond donors (Lipinski definition) is 3. The molecule has 8 nitrogen and oxygen atoms in total. The standard InChI is InChI=1S/C12H25N3O5S/c1-15(2)8-5-4-7-13-12(18)14-10(11(16)17)6-9-21(3,19)20/h10H,4-9H2,1-3H3,(H,16,17)(H2,13,14,18). The molecule has 0 spiro atoms. The van der Waals surface area contributed by atoms with Crippen molar-refractivity contribution in [3.05, 3.63) is 0 Å². The number of carboxylic acids is 1. The molecule has 0 heterocycles.